The number of piperidine rings is 1. The summed E-state index contributed by atoms with van der Waals surface area (Å²) in [5.74, 6) is -1.63. The predicted molar refractivity (Wildman–Crippen MR) is 148 cm³/mol. The molecule has 0 aromatic heterocycles. The van der Waals surface area contributed by atoms with Crippen molar-refractivity contribution in [3.63, 3.8) is 0 Å². The summed E-state index contributed by atoms with van der Waals surface area (Å²) in [4.78, 5) is 41.9. The largest absolute Gasteiger partial charge is 0.443 e. The fourth-order valence-electron chi connectivity index (χ4n) is 5.27. The molecule has 2 aliphatic heterocycles. The van der Waals surface area contributed by atoms with Crippen LogP contribution < -0.4 is 15.5 Å². The summed E-state index contributed by atoms with van der Waals surface area (Å²) >= 11 is 0. The van der Waals surface area contributed by atoms with Crippen LogP contribution in [0, 0.1) is 5.82 Å². The minimum absolute atomic E-state index is 0.0236. The zero-order valence-corrected chi connectivity index (χ0v) is 24.4. The number of nitrogens with zero attached hydrogens (tertiary/aromatic N) is 2. The van der Waals surface area contributed by atoms with E-state index in [1.807, 2.05) is 4.90 Å². The van der Waals surface area contributed by atoms with Gasteiger partial charge < -0.3 is 15.4 Å². The highest BCUT2D eigenvalue weighted by molar-refractivity contribution is 7.86. The first-order chi connectivity index (χ1) is 19.0. The maximum absolute atomic E-state index is 15.0. The van der Waals surface area contributed by atoms with Crippen molar-refractivity contribution in [2.45, 2.75) is 69.5 Å². The average molecular weight is 593 g/mol. The number of hydrogen-bond acceptors (Lipinski definition) is 7. The highest BCUT2D eigenvalue weighted by atomic mass is 32.3. The topological polar surface area (TPSA) is 125 Å². The van der Waals surface area contributed by atoms with Crippen LogP contribution in [0.4, 0.5) is 24.4 Å². The fourth-order valence-corrected chi connectivity index (χ4v) is 5.77. The number of fused-ring (bicyclic) bond motifs is 1. The smallest absolute Gasteiger partial charge is 0.414 e. The van der Waals surface area contributed by atoms with Crippen molar-refractivity contribution in [2.75, 3.05) is 29.9 Å². The number of carbonyl (C=O) groups is 3. The van der Waals surface area contributed by atoms with Crippen molar-refractivity contribution in [3.8, 4) is 0 Å². The molecule has 1 unspecified atom stereocenters. The molecule has 10 nitrogen and oxygen atoms in total. The number of anilines is 2. The minimum atomic E-state index is -4.98. The molecule has 4 rings (SSSR count). The van der Waals surface area contributed by atoms with E-state index in [1.54, 1.807) is 34.6 Å². The van der Waals surface area contributed by atoms with E-state index in [0.29, 0.717) is 30.6 Å². The van der Waals surface area contributed by atoms with Crippen LogP contribution in [0.3, 0.4) is 0 Å². The van der Waals surface area contributed by atoms with Gasteiger partial charge in [-0.05, 0) is 84.3 Å². The molecule has 0 aliphatic carbocycles. The second-order valence-corrected chi connectivity index (χ2v) is 12.7. The average Bonchev–Trinajstić information content (AvgIpc) is 3.14. The van der Waals surface area contributed by atoms with E-state index in [-0.39, 0.29) is 24.3 Å². The van der Waals surface area contributed by atoms with E-state index >= 15 is 4.39 Å². The van der Waals surface area contributed by atoms with Crippen molar-refractivity contribution in [1.82, 2.24) is 10.2 Å². The van der Waals surface area contributed by atoms with Crippen LogP contribution >= 0.6 is 0 Å². The number of ether oxygens (including phenoxy) is 1. The first-order valence-corrected chi connectivity index (χ1v) is 14.7. The molecule has 41 heavy (non-hydrogen) atoms. The Bertz CT molecular complexity index is 1490. The summed E-state index contributed by atoms with van der Waals surface area (Å²) < 4.78 is 56.5. The molecule has 1 saturated heterocycles. The van der Waals surface area contributed by atoms with Gasteiger partial charge in [0.2, 0.25) is 5.91 Å². The Morgan fingerprint density at radius 3 is 2.59 bits per heavy atom. The van der Waals surface area contributed by atoms with Gasteiger partial charge in [0.15, 0.2) is 0 Å². The summed E-state index contributed by atoms with van der Waals surface area (Å²) in [5, 5.41) is 5.68. The number of hydrogen-bond donors (Lipinski definition) is 2. The molecule has 2 atom stereocenters. The van der Waals surface area contributed by atoms with Gasteiger partial charge in [-0.1, -0.05) is 6.07 Å². The molecular weight excluding hydrogens is 558 g/mol. The molecule has 2 N–H and O–H groups in total. The summed E-state index contributed by atoms with van der Waals surface area (Å²) in [6, 6.07) is 6.69. The number of amides is 3. The first-order valence-electron chi connectivity index (χ1n) is 13.3. The van der Waals surface area contributed by atoms with Gasteiger partial charge in [-0.25, -0.2) is 9.18 Å². The Morgan fingerprint density at radius 1 is 1.24 bits per heavy atom. The highest BCUT2D eigenvalue weighted by Crippen LogP contribution is 2.46. The molecule has 0 spiro atoms. The van der Waals surface area contributed by atoms with Crippen molar-refractivity contribution >= 4 is 39.5 Å². The zero-order chi connectivity index (χ0) is 30.3. The number of nitrogens with one attached hydrogen (secondary N) is 2. The van der Waals surface area contributed by atoms with E-state index in [4.69, 9.17) is 4.74 Å². The molecule has 2 aromatic carbocycles. The van der Waals surface area contributed by atoms with E-state index < -0.39 is 56.0 Å². The van der Waals surface area contributed by atoms with Gasteiger partial charge in [-0.2, -0.15) is 8.42 Å². The summed E-state index contributed by atoms with van der Waals surface area (Å²) in [6.45, 7) is 9.41. The van der Waals surface area contributed by atoms with Gasteiger partial charge in [0.05, 0.1) is 16.3 Å². The monoisotopic (exact) mass is 592 g/mol. The molecule has 0 bridgehead atoms. The van der Waals surface area contributed by atoms with Crippen molar-refractivity contribution < 1.29 is 35.8 Å². The molecule has 222 valence electrons. The molecule has 2 aliphatic rings. The maximum Gasteiger partial charge on any atom is 0.414 e. The first kappa shape index (κ1) is 30.4. The SMILES string of the molecule is CCN(C(=O)OC(C)(C)C)c1cc(F)cc2c1NC(=O)C2(C)N1CCC[C@@H](NC(=O)c2cccc(S(=O)(=O)F)c2)C1. The molecule has 3 amide bonds. The molecular formula is C28H34F2N4O6S. The molecule has 2 aromatic rings. The third-order valence-electron chi connectivity index (χ3n) is 7.28. The minimum Gasteiger partial charge on any atom is -0.443 e. The van der Waals surface area contributed by atoms with E-state index in [0.717, 1.165) is 12.1 Å². The summed E-state index contributed by atoms with van der Waals surface area (Å²) in [5.41, 5.74) is -1.28. The Labute approximate surface area is 238 Å². The molecule has 1 fully saturated rings. The van der Waals surface area contributed by atoms with E-state index in [2.05, 4.69) is 10.6 Å². The van der Waals surface area contributed by atoms with E-state index in [1.165, 1.54) is 29.2 Å². The van der Waals surface area contributed by atoms with Gasteiger partial charge >= 0.3 is 16.3 Å². The van der Waals surface area contributed by atoms with Crippen LogP contribution in [-0.2, 0) is 25.3 Å². The summed E-state index contributed by atoms with van der Waals surface area (Å²) in [6.07, 6.45) is 0.495. The van der Waals surface area contributed by atoms with E-state index in [9.17, 15) is 26.7 Å². The molecule has 2 heterocycles. The Kier molecular flexibility index (Phi) is 8.16. The number of halogens is 2. The standard InChI is InChI=1S/C28H34F2N4O6S/c1-6-34(26(37)40-27(2,3)4)22-15-18(29)14-21-23(22)32-25(36)28(21,5)33-12-8-10-19(16-33)31-24(35)17-9-7-11-20(13-17)41(30,38)39/h7,9,11,13-15,19H,6,8,10,12,16H2,1-5H3,(H,31,35)(H,32,36)/t19-,28?/m1/s1. The summed E-state index contributed by atoms with van der Waals surface area (Å²) in [7, 11) is -4.98. The van der Waals surface area contributed by atoms with Crippen molar-refractivity contribution in [2.24, 2.45) is 0 Å². The lowest BCUT2D eigenvalue weighted by Gasteiger charge is -2.42. The van der Waals surface area contributed by atoms with Crippen LogP contribution in [0.15, 0.2) is 41.3 Å². The second-order valence-electron chi connectivity index (χ2n) is 11.3. The third-order valence-corrected chi connectivity index (χ3v) is 8.09. The Balaban J connectivity index is 1.61. The van der Waals surface area contributed by atoms with Gasteiger partial charge in [0.25, 0.3) is 5.91 Å². The Morgan fingerprint density at radius 2 is 1.95 bits per heavy atom. The highest BCUT2D eigenvalue weighted by Gasteiger charge is 2.50. The lowest BCUT2D eigenvalue weighted by Crippen LogP contribution is -2.57. The van der Waals surface area contributed by atoms with Crippen LogP contribution in [0.5, 0.6) is 0 Å². The lowest BCUT2D eigenvalue weighted by atomic mass is 9.88. The third kappa shape index (κ3) is 6.20. The van der Waals surface area contributed by atoms with Gasteiger partial charge in [0.1, 0.15) is 17.0 Å². The van der Waals surface area contributed by atoms with Crippen molar-refractivity contribution in [1.29, 1.82) is 0 Å². The maximum atomic E-state index is 15.0. The number of benzene rings is 2. The number of likely N-dealkylation sites (tertiary alicyclic amines) is 1. The molecule has 0 radical (unpaired) electrons. The van der Waals surface area contributed by atoms with Crippen LogP contribution in [0.25, 0.3) is 0 Å². The number of carbonyl (C=O) groups excluding carboxylic acids is 3. The second kappa shape index (κ2) is 11.0. The Hall–Kier alpha value is -3.58. The van der Waals surface area contributed by atoms with Gasteiger partial charge in [-0.15, -0.1) is 3.89 Å². The quantitative estimate of drug-likeness (QED) is 0.479. The lowest BCUT2D eigenvalue weighted by molar-refractivity contribution is -0.127. The molecule has 13 heteroatoms. The van der Waals surface area contributed by atoms with Crippen LogP contribution in [-0.4, -0.2) is 62.5 Å². The van der Waals surface area contributed by atoms with Crippen LogP contribution in [0.1, 0.15) is 63.4 Å². The fraction of sp³-hybridized carbons (Fsp3) is 0.464. The predicted octanol–water partition coefficient (Wildman–Crippen LogP) is 4.31. The molecule has 0 saturated carbocycles. The van der Waals surface area contributed by atoms with Crippen LogP contribution in [0.2, 0.25) is 0 Å². The number of rotatable bonds is 6. The van der Waals surface area contributed by atoms with Crippen molar-refractivity contribution in [3.05, 3.63) is 53.3 Å². The normalized spacial score (nSPS) is 21.1. The van der Waals surface area contributed by atoms with Gasteiger partial charge in [0, 0.05) is 30.3 Å². The van der Waals surface area contributed by atoms with Gasteiger partial charge in [-0.3, -0.25) is 19.4 Å². The zero-order valence-electron chi connectivity index (χ0n) is 23.6.